The number of carbonyl (C=O) groups excluding carboxylic acids is 2. The van der Waals surface area contributed by atoms with Crippen LogP contribution in [0.1, 0.15) is 21.5 Å². The van der Waals surface area contributed by atoms with E-state index in [1.54, 1.807) is 24.3 Å². The van der Waals surface area contributed by atoms with Gasteiger partial charge in [-0.3, -0.25) is 4.79 Å². The van der Waals surface area contributed by atoms with Crippen LogP contribution < -0.4 is 5.32 Å². The van der Waals surface area contributed by atoms with Gasteiger partial charge >= 0.3 is 5.97 Å². The van der Waals surface area contributed by atoms with Crippen molar-refractivity contribution in [2.75, 3.05) is 7.11 Å². The molecule has 0 radical (unpaired) electrons. The first-order valence-electron chi connectivity index (χ1n) is 7.26. The molecule has 0 spiro atoms. The molecule has 0 atom stereocenters. The van der Waals surface area contributed by atoms with Gasteiger partial charge in [-0.1, -0.05) is 42.5 Å². The Kier molecular flexibility index (Phi) is 5.87. The van der Waals surface area contributed by atoms with E-state index in [1.165, 1.54) is 13.2 Å². The number of esters is 1. The van der Waals surface area contributed by atoms with E-state index in [9.17, 15) is 14.9 Å². The van der Waals surface area contributed by atoms with Crippen LogP contribution in [-0.4, -0.2) is 19.0 Å². The van der Waals surface area contributed by atoms with E-state index in [4.69, 9.17) is 0 Å². The summed E-state index contributed by atoms with van der Waals surface area (Å²) in [5.74, 6) is -0.884. The summed E-state index contributed by atoms with van der Waals surface area (Å²) >= 11 is 0. The van der Waals surface area contributed by atoms with Crippen molar-refractivity contribution >= 4 is 18.0 Å². The highest BCUT2D eigenvalue weighted by molar-refractivity contribution is 6.01. The van der Waals surface area contributed by atoms with Crippen molar-refractivity contribution in [1.29, 1.82) is 5.26 Å². The molecule has 0 fully saturated rings. The van der Waals surface area contributed by atoms with Crippen molar-refractivity contribution in [1.82, 2.24) is 5.32 Å². The zero-order valence-corrected chi connectivity index (χ0v) is 13.2. The summed E-state index contributed by atoms with van der Waals surface area (Å²) in [6.07, 6.45) is 1.47. The lowest BCUT2D eigenvalue weighted by atomic mass is 10.1. The molecule has 0 aliphatic rings. The maximum atomic E-state index is 12.1. The Labute approximate surface area is 140 Å². The molecule has 5 nitrogen and oxygen atoms in total. The van der Waals surface area contributed by atoms with Gasteiger partial charge in [-0.25, -0.2) is 4.79 Å². The molecule has 0 heterocycles. The summed E-state index contributed by atoms with van der Waals surface area (Å²) < 4.78 is 4.62. The number of hydrogen-bond donors (Lipinski definition) is 1. The maximum absolute atomic E-state index is 12.1. The van der Waals surface area contributed by atoms with Crippen molar-refractivity contribution in [2.24, 2.45) is 0 Å². The number of carbonyl (C=O) groups is 2. The van der Waals surface area contributed by atoms with Gasteiger partial charge in [0.25, 0.3) is 5.91 Å². The highest BCUT2D eigenvalue weighted by Gasteiger charge is 2.09. The topological polar surface area (TPSA) is 79.2 Å². The molecule has 0 bridgehead atoms. The number of nitrogens with one attached hydrogen (secondary N) is 1. The van der Waals surface area contributed by atoms with Crippen LogP contribution in [0.4, 0.5) is 0 Å². The van der Waals surface area contributed by atoms with Crippen LogP contribution in [0.3, 0.4) is 0 Å². The first-order valence-corrected chi connectivity index (χ1v) is 7.26. The lowest BCUT2D eigenvalue weighted by Crippen LogP contribution is -2.23. The molecule has 0 unspecified atom stereocenters. The molecule has 24 heavy (non-hydrogen) atoms. The first kappa shape index (κ1) is 17.0. The SMILES string of the molecule is COC(=O)c1ccc(C=C(C#N)C(=O)NCc2ccccc2)cc1. The molecule has 0 aliphatic heterocycles. The number of nitriles is 1. The Balaban J connectivity index is 2.06. The molecule has 0 aromatic heterocycles. The molecular weight excluding hydrogens is 304 g/mol. The molecule has 2 aromatic carbocycles. The van der Waals surface area contributed by atoms with Crippen molar-refractivity contribution in [3.05, 3.63) is 76.9 Å². The molecular formula is C19H16N2O3. The number of methoxy groups -OCH3 is 1. The summed E-state index contributed by atoms with van der Waals surface area (Å²) in [6.45, 7) is 0.347. The third-order valence-corrected chi connectivity index (χ3v) is 3.30. The predicted molar refractivity (Wildman–Crippen MR) is 89.7 cm³/mol. The number of nitrogens with zero attached hydrogens (tertiary/aromatic N) is 1. The van der Waals surface area contributed by atoms with Crippen LogP contribution >= 0.6 is 0 Å². The van der Waals surface area contributed by atoms with Crippen LogP contribution in [0.15, 0.2) is 60.2 Å². The number of rotatable bonds is 5. The number of hydrogen-bond acceptors (Lipinski definition) is 4. The highest BCUT2D eigenvalue weighted by Crippen LogP contribution is 2.10. The molecule has 120 valence electrons. The van der Waals surface area contributed by atoms with Crippen LogP contribution in [0.5, 0.6) is 0 Å². The average Bonchev–Trinajstić information content (AvgIpc) is 2.64. The highest BCUT2D eigenvalue weighted by atomic mass is 16.5. The Hall–Kier alpha value is -3.39. The minimum absolute atomic E-state index is 0.00301. The second kappa shape index (κ2) is 8.30. The van der Waals surface area contributed by atoms with E-state index in [0.717, 1.165) is 5.56 Å². The van der Waals surface area contributed by atoms with Crippen molar-refractivity contribution in [2.45, 2.75) is 6.54 Å². The standard InChI is InChI=1S/C19H16N2O3/c1-24-19(23)16-9-7-14(8-10-16)11-17(12-20)18(22)21-13-15-5-3-2-4-6-15/h2-11H,13H2,1H3,(H,21,22). The number of benzene rings is 2. The van der Waals surface area contributed by atoms with E-state index in [1.807, 2.05) is 36.4 Å². The third-order valence-electron chi connectivity index (χ3n) is 3.30. The number of ether oxygens (including phenoxy) is 1. The number of amides is 1. The van der Waals surface area contributed by atoms with Gasteiger partial charge in [-0.15, -0.1) is 0 Å². The predicted octanol–water partition coefficient (Wildman–Crippen LogP) is 2.70. The minimum Gasteiger partial charge on any atom is -0.465 e. The summed E-state index contributed by atoms with van der Waals surface area (Å²) in [5, 5.41) is 11.9. The Morgan fingerprint density at radius 2 is 1.79 bits per heavy atom. The molecule has 2 rings (SSSR count). The van der Waals surface area contributed by atoms with Crippen LogP contribution in [0, 0.1) is 11.3 Å². The molecule has 1 amide bonds. The summed E-state index contributed by atoms with van der Waals surface area (Å²) in [7, 11) is 1.31. The first-order chi connectivity index (χ1) is 11.6. The molecule has 1 N–H and O–H groups in total. The van der Waals surface area contributed by atoms with E-state index in [0.29, 0.717) is 17.7 Å². The smallest absolute Gasteiger partial charge is 0.337 e. The normalized spacial score (nSPS) is 10.6. The van der Waals surface area contributed by atoms with Gasteiger partial charge in [0.1, 0.15) is 11.6 Å². The fourth-order valence-electron chi connectivity index (χ4n) is 2.02. The van der Waals surface area contributed by atoms with E-state index < -0.39 is 11.9 Å². The van der Waals surface area contributed by atoms with Crippen LogP contribution in [0.2, 0.25) is 0 Å². The van der Waals surface area contributed by atoms with Crippen molar-refractivity contribution < 1.29 is 14.3 Å². The van der Waals surface area contributed by atoms with Crippen LogP contribution in [-0.2, 0) is 16.1 Å². The van der Waals surface area contributed by atoms with Gasteiger partial charge in [-0.05, 0) is 29.3 Å². The quantitative estimate of drug-likeness (QED) is 0.522. The molecule has 0 saturated heterocycles. The Bertz CT molecular complexity index is 788. The maximum Gasteiger partial charge on any atom is 0.337 e. The van der Waals surface area contributed by atoms with Crippen LogP contribution in [0.25, 0.3) is 6.08 Å². The Morgan fingerprint density at radius 1 is 1.12 bits per heavy atom. The van der Waals surface area contributed by atoms with Crippen molar-refractivity contribution in [3.8, 4) is 6.07 Å². The zero-order valence-electron chi connectivity index (χ0n) is 13.2. The van der Waals surface area contributed by atoms with E-state index in [2.05, 4.69) is 10.1 Å². The van der Waals surface area contributed by atoms with E-state index in [-0.39, 0.29) is 5.57 Å². The summed E-state index contributed by atoms with van der Waals surface area (Å²) in [6, 6.07) is 17.8. The molecule has 0 aliphatic carbocycles. The van der Waals surface area contributed by atoms with E-state index >= 15 is 0 Å². The second-order valence-corrected chi connectivity index (χ2v) is 4.95. The van der Waals surface area contributed by atoms with Gasteiger partial charge in [0.2, 0.25) is 0 Å². The molecule has 2 aromatic rings. The lowest BCUT2D eigenvalue weighted by Gasteiger charge is -2.04. The van der Waals surface area contributed by atoms with Gasteiger partial charge in [0.15, 0.2) is 0 Å². The summed E-state index contributed by atoms with van der Waals surface area (Å²) in [5.41, 5.74) is 2.00. The minimum atomic E-state index is -0.446. The summed E-state index contributed by atoms with van der Waals surface area (Å²) in [4.78, 5) is 23.5. The van der Waals surface area contributed by atoms with Crippen molar-refractivity contribution in [3.63, 3.8) is 0 Å². The Morgan fingerprint density at radius 3 is 2.38 bits per heavy atom. The van der Waals surface area contributed by atoms with Gasteiger partial charge in [-0.2, -0.15) is 5.26 Å². The largest absolute Gasteiger partial charge is 0.465 e. The fourth-order valence-corrected chi connectivity index (χ4v) is 2.02. The lowest BCUT2D eigenvalue weighted by molar-refractivity contribution is -0.117. The monoisotopic (exact) mass is 320 g/mol. The zero-order chi connectivity index (χ0) is 17.4. The van der Waals surface area contributed by atoms with Gasteiger partial charge < -0.3 is 10.1 Å². The molecule has 5 heteroatoms. The average molecular weight is 320 g/mol. The second-order valence-electron chi connectivity index (χ2n) is 4.95. The third kappa shape index (κ3) is 4.55. The fraction of sp³-hybridized carbons (Fsp3) is 0.105. The van der Waals surface area contributed by atoms with Gasteiger partial charge in [0.05, 0.1) is 12.7 Å². The van der Waals surface area contributed by atoms with Gasteiger partial charge in [0, 0.05) is 6.54 Å². The molecule has 0 saturated carbocycles.